The Bertz CT molecular complexity index is 943. The maximum absolute atomic E-state index is 13.2. The van der Waals surface area contributed by atoms with Crippen molar-refractivity contribution >= 4 is 17.5 Å². The van der Waals surface area contributed by atoms with E-state index >= 15 is 0 Å². The summed E-state index contributed by atoms with van der Waals surface area (Å²) in [5, 5.41) is 14.6. The minimum absolute atomic E-state index is 0.0353. The summed E-state index contributed by atoms with van der Waals surface area (Å²) in [7, 11) is 0. The van der Waals surface area contributed by atoms with E-state index in [0.717, 1.165) is 12.8 Å². The summed E-state index contributed by atoms with van der Waals surface area (Å²) in [6, 6.07) is 5.31. The second-order valence-corrected chi connectivity index (χ2v) is 8.48. The van der Waals surface area contributed by atoms with Gasteiger partial charge in [0.25, 0.3) is 5.91 Å². The van der Waals surface area contributed by atoms with Crippen molar-refractivity contribution in [1.82, 2.24) is 30.3 Å². The van der Waals surface area contributed by atoms with E-state index < -0.39 is 0 Å². The summed E-state index contributed by atoms with van der Waals surface area (Å²) in [6.07, 6.45) is 2.14. The number of ether oxygens (including phenoxy) is 1. The highest BCUT2D eigenvalue weighted by Crippen LogP contribution is 2.54. The second kappa shape index (κ2) is 6.23. The summed E-state index contributed by atoms with van der Waals surface area (Å²) >= 11 is 0. The predicted octanol–water partition coefficient (Wildman–Crippen LogP) is 0.516. The van der Waals surface area contributed by atoms with Crippen LogP contribution in [0.1, 0.15) is 37.2 Å². The van der Waals surface area contributed by atoms with Gasteiger partial charge in [-0.05, 0) is 35.4 Å². The van der Waals surface area contributed by atoms with Crippen molar-refractivity contribution in [3.05, 3.63) is 23.9 Å². The molecule has 0 aliphatic carbocycles. The first-order chi connectivity index (χ1) is 13.5. The third-order valence-electron chi connectivity index (χ3n) is 6.55. The summed E-state index contributed by atoms with van der Waals surface area (Å²) < 4.78 is 7.86. The molecule has 148 valence electrons. The van der Waals surface area contributed by atoms with Crippen LogP contribution in [-0.2, 0) is 9.53 Å². The first-order valence-corrected chi connectivity index (χ1v) is 9.90. The molecule has 2 aromatic heterocycles. The van der Waals surface area contributed by atoms with Crippen LogP contribution in [0.4, 0.5) is 0 Å². The highest BCUT2D eigenvalue weighted by Gasteiger charge is 2.63. The molecule has 2 amide bonds. The van der Waals surface area contributed by atoms with Crippen LogP contribution in [0.2, 0.25) is 0 Å². The van der Waals surface area contributed by atoms with E-state index in [1.165, 1.54) is 4.52 Å². The Balaban J connectivity index is 1.36. The molecule has 0 radical (unpaired) electrons. The summed E-state index contributed by atoms with van der Waals surface area (Å²) in [5.41, 5.74) is 0.732. The Morgan fingerprint density at radius 3 is 3.07 bits per heavy atom. The Labute approximate surface area is 162 Å². The topological polar surface area (TPSA) is 102 Å². The van der Waals surface area contributed by atoms with E-state index in [2.05, 4.69) is 20.8 Å². The normalized spacial score (nSPS) is 31.0. The lowest BCUT2D eigenvalue weighted by Crippen LogP contribution is -2.42. The molecule has 1 spiro atoms. The largest absolute Gasteiger partial charge is 0.369 e. The van der Waals surface area contributed by atoms with Crippen LogP contribution in [0.5, 0.6) is 0 Å². The van der Waals surface area contributed by atoms with Crippen molar-refractivity contribution in [3.8, 4) is 0 Å². The minimum Gasteiger partial charge on any atom is -0.369 e. The van der Waals surface area contributed by atoms with Crippen molar-refractivity contribution < 1.29 is 14.3 Å². The molecular weight excluding hydrogens is 360 g/mol. The average Bonchev–Trinajstić information content (AvgIpc) is 3.44. The van der Waals surface area contributed by atoms with Crippen molar-refractivity contribution in [3.63, 3.8) is 0 Å². The number of rotatable bonds is 4. The van der Waals surface area contributed by atoms with Crippen LogP contribution in [0.3, 0.4) is 0 Å². The second-order valence-electron chi connectivity index (χ2n) is 8.48. The molecule has 28 heavy (non-hydrogen) atoms. The van der Waals surface area contributed by atoms with Gasteiger partial charge >= 0.3 is 0 Å². The van der Waals surface area contributed by atoms with Crippen molar-refractivity contribution in [1.29, 1.82) is 0 Å². The number of nitrogens with zero attached hydrogens (tertiary/aromatic N) is 5. The van der Waals surface area contributed by atoms with E-state index in [0.29, 0.717) is 31.0 Å². The van der Waals surface area contributed by atoms with Crippen molar-refractivity contribution in [2.45, 2.75) is 38.4 Å². The van der Waals surface area contributed by atoms with Gasteiger partial charge in [0, 0.05) is 30.8 Å². The van der Waals surface area contributed by atoms with Crippen LogP contribution in [-0.4, -0.2) is 68.1 Å². The quantitative estimate of drug-likeness (QED) is 0.824. The fourth-order valence-electron chi connectivity index (χ4n) is 5.13. The van der Waals surface area contributed by atoms with Crippen molar-refractivity contribution in [2.24, 2.45) is 17.8 Å². The predicted molar refractivity (Wildman–Crippen MR) is 98.4 cm³/mol. The van der Waals surface area contributed by atoms with Crippen LogP contribution in [0, 0.1) is 17.8 Å². The zero-order chi connectivity index (χ0) is 19.5. The van der Waals surface area contributed by atoms with Gasteiger partial charge in [-0.1, -0.05) is 19.9 Å². The third-order valence-corrected chi connectivity index (χ3v) is 6.55. The molecule has 3 aliphatic heterocycles. The number of carbonyl (C=O) groups is 2. The van der Waals surface area contributed by atoms with E-state index in [1.807, 2.05) is 18.7 Å². The lowest BCUT2D eigenvalue weighted by molar-refractivity contribution is -0.124. The molecule has 5 heterocycles. The van der Waals surface area contributed by atoms with Gasteiger partial charge in [0.15, 0.2) is 5.65 Å². The number of carbonyl (C=O) groups excluding carboxylic acids is 2. The third kappa shape index (κ3) is 2.52. The Kier molecular flexibility index (Phi) is 3.90. The molecule has 0 unspecified atom stereocenters. The van der Waals surface area contributed by atoms with Crippen LogP contribution in [0.25, 0.3) is 5.65 Å². The number of tetrazole rings is 1. The van der Waals surface area contributed by atoms with Gasteiger partial charge in [0.2, 0.25) is 5.91 Å². The number of hydrogen-bond donors (Lipinski definition) is 1. The highest BCUT2D eigenvalue weighted by molar-refractivity contribution is 5.93. The summed E-state index contributed by atoms with van der Waals surface area (Å²) in [5.74, 6) is 0.438. The molecule has 2 aromatic rings. The summed E-state index contributed by atoms with van der Waals surface area (Å²) in [4.78, 5) is 27.1. The van der Waals surface area contributed by atoms with Crippen molar-refractivity contribution in [2.75, 3.05) is 19.6 Å². The molecule has 2 bridgehead atoms. The lowest BCUT2D eigenvalue weighted by Gasteiger charge is -2.29. The minimum atomic E-state index is -0.276. The molecule has 0 saturated carbocycles. The van der Waals surface area contributed by atoms with Crippen LogP contribution in [0.15, 0.2) is 18.2 Å². The van der Waals surface area contributed by atoms with Gasteiger partial charge in [-0.2, -0.15) is 4.52 Å². The van der Waals surface area contributed by atoms with Gasteiger partial charge in [0.1, 0.15) is 5.69 Å². The Morgan fingerprint density at radius 2 is 2.25 bits per heavy atom. The number of hydrogen-bond acceptors (Lipinski definition) is 6. The fourth-order valence-corrected chi connectivity index (χ4v) is 5.13. The monoisotopic (exact) mass is 384 g/mol. The number of fused-ring (bicyclic) bond motifs is 2. The van der Waals surface area contributed by atoms with Gasteiger partial charge in [-0.15, -0.1) is 5.10 Å². The number of pyridine rings is 1. The zero-order valence-corrected chi connectivity index (χ0v) is 16.0. The Morgan fingerprint density at radius 1 is 1.39 bits per heavy atom. The van der Waals surface area contributed by atoms with E-state index in [1.54, 1.807) is 18.2 Å². The molecular formula is C19H24N6O3. The molecule has 3 saturated heterocycles. The molecule has 0 aromatic carbocycles. The first-order valence-electron chi connectivity index (χ1n) is 9.90. The standard InChI is InChI=1S/C19H24N6O3/c1-11(2)17(26)20-8-12-13-9-24(10-19(13)7-6-15(12)28-19)18(27)14-4-3-5-16-21-22-23-25(14)16/h3-5,11-13,15H,6-10H2,1-2H3,(H,20,26)/t12-,13+,15+,19+/m0/s1. The lowest BCUT2D eigenvalue weighted by atomic mass is 9.73. The average molecular weight is 384 g/mol. The van der Waals surface area contributed by atoms with Crippen LogP contribution < -0.4 is 5.32 Å². The molecule has 9 nitrogen and oxygen atoms in total. The van der Waals surface area contributed by atoms with Gasteiger partial charge in [-0.25, -0.2) is 0 Å². The molecule has 3 fully saturated rings. The van der Waals surface area contributed by atoms with Gasteiger partial charge in [0.05, 0.1) is 18.2 Å². The maximum atomic E-state index is 13.2. The Hall–Kier alpha value is -2.55. The number of amides is 2. The highest BCUT2D eigenvalue weighted by atomic mass is 16.5. The number of aromatic nitrogens is 4. The fraction of sp³-hybridized carbons (Fsp3) is 0.632. The number of nitrogens with one attached hydrogen (secondary N) is 1. The molecule has 4 atom stereocenters. The first kappa shape index (κ1) is 17.5. The molecule has 1 N–H and O–H groups in total. The zero-order valence-electron chi connectivity index (χ0n) is 16.0. The molecule has 5 rings (SSSR count). The van der Waals surface area contributed by atoms with Gasteiger partial charge in [-0.3, -0.25) is 9.59 Å². The molecule has 9 heteroatoms. The maximum Gasteiger partial charge on any atom is 0.272 e. The smallest absolute Gasteiger partial charge is 0.272 e. The van der Waals surface area contributed by atoms with E-state index in [4.69, 9.17) is 4.74 Å². The molecule has 3 aliphatic rings. The van der Waals surface area contributed by atoms with Gasteiger partial charge < -0.3 is 15.0 Å². The van der Waals surface area contributed by atoms with E-state index in [9.17, 15) is 9.59 Å². The summed E-state index contributed by atoms with van der Waals surface area (Å²) in [6.45, 7) is 5.61. The van der Waals surface area contributed by atoms with E-state index in [-0.39, 0.29) is 41.3 Å². The number of likely N-dealkylation sites (tertiary alicyclic amines) is 1. The van der Waals surface area contributed by atoms with Crippen LogP contribution >= 0.6 is 0 Å². The SMILES string of the molecule is CC(C)C(=O)NC[C@H]1[C@H]2CN(C(=O)c3cccc4nnnn34)C[C@]23CC[C@H]1O3.